The summed E-state index contributed by atoms with van der Waals surface area (Å²) in [5.74, 6) is 0.702. The number of pyridine rings is 1. The zero-order valence-electron chi connectivity index (χ0n) is 15.6. The van der Waals surface area contributed by atoms with E-state index in [0.717, 1.165) is 12.1 Å². The average Bonchev–Trinajstić information content (AvgIpc) is 3.37. The highest BCUT2D eigenvalue weighted by atomic mass is 19.3. The fraction of sp³-hybridized carbons (Fsp3) is 0.333. The molecule has 3 heterocycles. The molecule has 0 saturated heterocycles. The van der Waals surface area contributed by atoms with Crippen molar-refractivity contribution in [2.75, 3.05) is 13.7 Å². The molecule has 4 rings (SSSR count). The van der Waals surface area contributed by atoms with Gasteiger partial charge in [-0.3, -0.25) is 4.98 Å². The number of aromatic amines is 1. The van der Waals surface area contributed by atoms with Gasteiger partial charge in [-0.25, -0.2) is 14.7 Å². The molecule has 1 aliphatic carbocycles. The number of hydrogen-bond donors (Lipinski definition) is 1. The van der Waals surface area contributed by atoms with Gasteiger partial charge in [0.25, 0.3) is 0 Å². The Labute approximate surface area is 164 Å². The molecule has 2 atom stereocenters. The standard InChI is InChI=1S/C18H17FN6O4/c1-9-20-7-13(15-16(18(26)29-19)24-25-23-15)17(22-9)28-8-10-5-12(10)14-4-3-11(27-2)6-21-14/h3-4,6-7,10,12H,5,8H2,1-2H3,(H,23,24,25)/t10?,12-/m0/s1. The zero-order chi connectivity index (χ0) is 20.4. The first kappa shape index (κ1) is 18.7. The van der Waals surface area contributed by atoms with Crippen LogP contribution in [0.4, 0.5) is 4.53 Å². The molecule has 0 aliphatic heterocycles. The number of nitrogens with zero attached hydrogens (tertiary/aromatic N) is 5. The van der Waals surface area contributed by atoms with Crippen LogP contribution in [-0.2, 0) is 4.94 Å². The van der Waals surface area contributed by atoms with Crippen molar-refractivity contribution in [3.05, 3.63) is 41.7 Å². The minimum Gasteiger partial charge on any atom is -0.495 e. The number of nitrogens with one attached hydrogen (secondary N) is 1. The highest BCUT2D eigenvalue weighted by Gasteiger charge is 2.40. The molecule has 3 aromatic heterocycles. The lowest BCUT2D eigenvalue weighted by molar-refractivity contribution is -0.0792. The lowest BCUT2D eigenvalue weighted by atomic mass is 10.2. The van der Waals surface area contributed by atoms with Gasteiger partial charge in [0.2, 0.25) is 11.6 Å². The van der Waals surface area contributed by atoms with Gasteiger partial charge in [0, 0.05) is 28.3 Å². The third-order valence-electron chi connectivity index (χ3n) is 4.67. The van der Waals surface area contributed by atoms with E-state index < -0.39 is 5.97 Å². The number of carbonyl (C=O) groups excluding carboxylic acids is 1. The second-order valence-electron chi connectivity index (χ2n) is 6.56. The van der Waals surface area contributed by atoms with Crippen LogP contribution in [0.1, 0.15) is 34.3 Å². The Bertz CT molecular complexity index is 1030. The largest absolute Gasteiger partial charge is 0.495 e. The van der Waals surface area contributed by atoms with E-state index in [4.69, 9.17) is 9.47 Å². The second-order valence-corrected chi connectivity index (χ2v) is 6.56. The first-order valence-corrected chi connectivity index (χ1v) is 8.81. The summed E-state index contributed by atoms with van der Waals surface area (Å²) < 4.78 is 23.3. The lowest BCUT2D eigenvalue weighted by Crippen LogP contribution is -2.07. The van der Waals surface area contributed by atoms with Crippen LogP contribution in [0.3, 0.4) is 0 Å². The first-order valence-electron chi connectivity index (χ1n) is 8.81. The number of halogens is 1. The van der Waals surface area contributed by atoms with Gasteiger partial charge < -0.3 is 9.47 Å². The molecule has 3 aromatic rings. The molecule has 1 unspecified atom stereocenters. The molecule has 29 heavy (non-hydrogen) atoms. The molecule has 0 bridgehead atoms. The summed E-state index contributed by atoms with van der Waals surface area (Å²) >= 11 is 0. The molecule has 11 heteroatoms. The quantitative estimate of drug-likeness (QED) is 0.635. The summed E-state index contributed by atoms with van der Waals surface area (Å²) in [6.45, 7) is 2.10. The monoisotopic (exact) mass is 400 g/mol. The van der Waals surface area contributed by atoms with Crippen molar-refractivity contribution in [2.45, 2.75) is 19.3 Å². The molecule has 0 radical (unpaired) electrons. The minimum atomic E-state index is -1.27. The number of ether oxygens (including phenoxy) is 2. The van der Waals surface area contributed by atoms with E-state index in [9.17, 15) is 9.32 Å². The number of hydrogen-bond acceptors (Lipinski definition) is 9. The van der Waals surface area contributed by atoms with E-state index in [1.807, 2.05) is 12.1 Å². The third-order valence-corrected chi connectivity index (χ3v) is 4.67. The maximum atomic E-state index is 12.3. The fourth-order valence-electron chi connectivity index (χ4n) is 3.03. The molecule has 150 valence electrons. The maximum Gasteiger partial charge on any atom is 0.401 e. The van der Waals surface area contributed by atoms with E-state index in [0.29, 0.717) is 23.7 Å². The maximum absolute atomic E-state index is 12.3. The van der Waals surface area contributed by atoms with E-state index >= 15 is 0 Å². The Morgan fingerprint density at radius 1 is 1.28 bits per heavy atom. The van der Waals surface area contributed by atoms with Crippen LogP contribution in [0.2, 0.25) is 0 Å². The smallest absolute Gasteiger partial charge is 0.401 e. The van der Waals surface area contributed by atoms with E-state index in [1.54, 1.807) is 20.2 Å². The van der Waals surface area contributed by atoms with Crippen molar-refractivity contribution in [3.8, 4) is 22.9 Å². The van der Waals surface area contributed by atoms with Gasteiger partial charge in [-0.1, -0.05) is 0 Å². The van der Waals surface area contributed by atoms with Crippen LogP contribution in [0.15, 0.2) is 24.5 Å². The summed E-state index contributed by atoms with van der Waals surface area (Å²) in [5, 5.41) is 9.77. The summed E-state index contributed by atoms with van der Waals surface area (Å²) in [6, 6.07) is 3.81. The third kappa shape index (κ3) is 3.84. The number of H-pyrrole nitrogens is 1. The van der Waals surface area contributed by atoms with Gasteiger partial charge in [0.1, 0.15) is 17.3 Å². The molecular formula is C18H17FN6O4. The predicted octanol–water partition coefficient (Wildman–Crippen LogP) is 2.20. The molecular weight excluding hydrogens is 383 g/mol. The Kier molecular flexibility index (Phi) is 5.02. The Morgan fingerprint density at radius 3 is 2.86 bits per heavy atom. The average molecular weight is 400 g/mol. The number of rotatable bonds is 7. The lowest BCUT2D eigenvalue weighted by Gasteiger charge is -2.10. The topological polar surface area (TPSA) is 125 Å². The van der Waals surface area contributed by atoms with Crippen LogP contribution in [0, 0.1) is 12.8 Å². The highest BCUT2D eigenvalue weighted by Crippen LogP contribution is 2.47. The Hall–Kier alpha value is -3.63. The van der Waals surface area contributed by atoms with Crippen LogP contribution in [0.25, 0.3) is 11.3 Å². The molecule has 1 fully saturated rings. The van der Waals surface area contributed by atoms with Crippen LogP contribution in [-0.4, -0.2) is 50.0 Å². The highest BCUT2D eigenvalue weighted by molar-refractivity contribution is 5.94. The van der Waals surface area contributed by atoms with Gasteiger partial charge in [0.05, 0.1) is 25.5 Å². The molecule has 1 aliphatic rings. The van der Waals surface area contributed by atoms with Crippen molar-refractivity contribution in [3.63, 3.8) is 0 Å². The zero-order valence-corrected chi connectivity index (χ0v) is 15.6. The number of carbonyl (C=O) groups is 1. The predicted molar refractivity (Wildman–Crippen MR) is 95.8 cm³/mol. The van der Waals surface area contributed by atoms with E-state index in [2.05, 4.69) is 35.3 Å². The van der Waals surface area contributed by atoms with Gasteiger partial charge >= 0.3 is 5.97 Å². The number of aromatic nitrogens is 6. The van der Waals surface area contributed by atoms with Crippen LogP contribution in [0.5, 0.6) is 11.6 Å². The summed E-state index contributed by atoms with van der Waals surface area (Å²) in [5.41, 5.74) is 1.01. The normalized spacial score (nSPS) is 17.6. The Balaban J connectivity index is 1.49. The van der Waals surface area contributed by atoms with E-state index in [1.165, 1.54) is 6.20 Å². The number of aryl methyl sites for hydroxylation is 1. The van der Waals surface area contributed by atoms with Crippen molar-refractivity contribution in [2.24, 2.45) is 5.92 Å². The number of methoxy groups -OCH3 is 1. The van der Waals surface area contributed by atoms with Crippen molar-refractivity contribution < 1.29 is 23.7 Å². The molecule has 10 nitrogen and oxygen atoms in total. The molecule has 1 saturated carbocycles. The van der Waals surface area contributed by atoms with Crippen LogP contribution < -0.4 is 9.47 Å². The summed E-state index contributed by atoms with van der Waals surface area (Å²) in [7, 11) is 1.60. The van der Waals surface area contributed by atoms with E-state index in [-0.39, 0.29) is 29.1 Å². The van der Waals surface area contributed by atoms with Gasteiger partial charge in [0.15, 0.2) is 0 Å². The van der Waals surface area contributed by atoms with Crippen molar-refractivity contribution in [1.82, 2.24) is 30.4 Å². The van der Waals surface area contributed by atoms with Crippen LogP contribution >= 0.6 is 0 Å². The van der Waals surface area contributed by atoms with Gasteiger partial charge in [-0.05, 0) is 25.5 Å². The Morgan fingerprint density at radius 2 is 2.14 bits per heavy atom. The van der Waals surface area contributed by atoms with Gasteiger partial charge in [-0.15, -0.1) is 5.10 Å². The SMILES string of the molecule is COc1ccc([C@H]2CC2COc2nc(C)ncc2-c2n[nH]nc2C(=O)OF)nc1. The molecule has 0 spiro atoms. The van der Waals surface area contributed by atoms with Crippen molar-refractivity contribution in [1.29, 1.82) is 0 Å². The second kappa shape index (κ2) is 7.78. The molecule has 0 aromatic carbocycles. The minimum absolute atomic E-state index is 0.0480. The van der Waals surface area contributed by atoms with Gasteiger partial charge in [-0.2, -0.15) is 15.3 Å². The molecule has 0 amide bonds. The summed E-state index contributed by atoms with van der Waals surface area (Å²) in [4.78, 5) is 27.6. The molecule has 1 N–H and O–H groups in total. The van der Waals surface area contributed by atoms with Crippen molar-refractivity contribution >= 4 is 5.97 Å². The summed E-state index contributed by atoms with van der Waals surface area (Å²) in [6.07, 6.45) is 4.07. The first-order chi connectivity index (χ1) is 14.1. The fourth-order valence-corrected chi connectivity index (χ4v) is 3.03.